The number of likely N-dealkylation sites (tertiary alicyclic amines) is 1. The third-order valence-electron chi connectivity index (χ3n) is 3.88. The Labute approximate surface area is 138 Å². The second-order valence-electron chi connectivity index (χ2n) is 5.58. The fourth-order valence-corrected chi connectivity index (χ4v) is 3.16. The van der Waals surface area contributed by atoms with Crippen LogP contribution in [0.1, 0.15) is 19.3 Å². The number of carbonyl (C=O) groups excluding carboxylic acids is 2. The fraction of sp³-hybridized carbons (Fsp3) is 0.467. The number of benzene rings is 1. The lowest BCUT2D eigenvalue weighted by molar-refractivity contribution is -0.136. The van der Waals surface area contributed by atoms with E-state index < -0.39 is 11.8 Å². The van der Waals surface area contributed by atoms with Gasteiger partial charge in [0.05, 0.1) is 11.7 Å². The van der Waals surface area contributed by atoms with E-state index in [4.69, 9.17) is 0 Å². The number of piperidine rings is 1. The summed E-state index contributed by atoms with van der Waals surface area (Å²) in [6, 6.07) is 5.18. The number of nitrogens with zero attached hydrogens (tertiary/aromatic N) is 3. The van der Waals surface area contributed by atoms with Gasteiger partial charge in [0, 0.05) is 18.8 Å². The molecule has 0 atom stereocenters. The lowest BCUT2D eigenvalue weighted by atomic mass is 10.1. The fourth-order valence-electron chi connectivity index (χ4n) is 2.64. The predicted octanol–water partition coefficient (Wildman–Crippen LogP) is 1.23. The topological polar surface area (TPSA) is 87.2 Å². The van der Waals surface area contributed by atoms with Crippen LogP contribution >= 0.6 is 11.7 Å². The normalized spacial score (nSPS) is 15.5. The van der Waals surface area contributed by atoms with E-state index >= 15 is 0 Å². The zero-order valence-electron chi connectivity index (χ0n) is 12.7. The number of nitrogens with one attached hydrogen (secondary N) is 2. The maximum atomic E-state index is 11.9. The molecule has 0 unspecified atom stereocenters. The van der Waals surface area contributed by atoms with Crippen LogP contribution in [-0.2, 0) is 9.59 Å². The highest BCUT2D eigenvalue weighted by Gasteiger charge is 2.15. The Hall–Kier alpha value is -2.06. The summed E-state index contributed by atoms with van der Waals surface area (Å²) in [7, 11) is 0. The van der Waals surface area contributed by atoms with Crippen LogP contribution in [0.2, 0.25) is 0 Å². The molecule has 0 radical (unpaired) electrons. The van der Waals surface area contributed by atoms with Crippen molar-refractivity contribution in [3.05, 3.63) is 18.2 Å². The number of carbonyl (C=O) groups is 2. The molecule has 2 N–H and O–H groups in total. The third-order valence-corrected chi connectivity index (χ3v) is 4.44. The van der Waals surface area contributed by atoms with Crippen molar-refractivity contribution in [2.75, 3.05) is 31.5 Å². The molecule has 0 spiro atoms. The van der Waals surface area contributed by atoms with Crippen LogP contribution in [0.15, 0.2) is 18.2 Å². The summed E-state index contributed by atoms with van der Waals surface area (Å²) in [6.07, 6.45) is 3.70. The van der Waals surface area contributed by atoms with Crippen LogP contribution in [0.25, 0.3) is 11.0 Å². The van der Waals surface area contributed by atoms with E-state index in [9.17, 15) is 9.59 Å². The van der Waals surface area contributed by atoms with Gasteiger partial charge in [0.1, 0.15) is 11.0 Å². The Bertz CT molecular complexity index is 696. The third kappa shape index (κ3) is 4.23. The van der Waals surface area contributed by atoms with Gasteiger partial charge in [-0.1, -0.05) is 6.42 Å². The van der Waals surface area contributed by atoms with Crippen molar-refractivity contribution in [2.24, 2.45) is 0 Å². The van der Waals surface area contributed by atoms with E-state index in [-0.39, 0.29) is 0 Å². The van der Waals surface area contributed by atoms with E-state index in [0.717, 1.165) is 36.9 Å². The second kappa shape index (κ2) is 7.47. The molecule has 1 aliphatic heterocycles. The maximum absolute atomic E-state index is 11.9. The van der Waals surface area contributed by atoms with Gasteiger partial charge < -0.3 is 15.5 Å². The first-order valence-corrected chi connectivity index (χ1v) is 8.49. The van der Waals surface area contributed by atoms with Crippen molar-refractivity contribution in [1.29, 1.82) is 0 Å². The molecule has 3 rings (SSSR count). The van der Waals surface area contributed by atoms with Gasteiger partial charge in [-0.25, -0.2) is 0 Å². The molecule has 1 saturated heterocycles. The van der Waals surface area contributed by atoms with Gasteiger partial charge in [0.25, 0.3) is 0 Å². The summed E-state index contributed by atoms with van der Waals surface area (Å²) in [5.41, 5.74) is 2.03. The zero-order valence-corrected chi connectivity index (χ0v) is 13.6. The molecule has 1 fully saturated rings. The van der Waals surface area contributed by atoms with E-state index in [1.54, 1.807) is 18.2 Å². The Balaban J connectivity index is 1.46. The maximum Gasteiger partial charge on any atom is 0.313 e. The molecule has 2 aromatic rings. The molecular weight excluding hydrogens is 314 g/mol. The predicted molar refractivity (Wildman–Crippen MR) is 89.3 cm³/mol. The monoisotopic (exact) mass is 333 g/mol. The molecule has 1 aromatic heterocycles. The van der Waals surface area contributed by atoms with Crippen LogP contribution in [0.4, 0.5) is 5.69 Å². The van der Waals surface area contributed by atoms with Gasteiger partial charge in [-0.05, 0) is 44.1 Å². The zero-order chi connectivity index (χ0) is 16.1. The molecule has 8 heteroatoms. The minimum Gasteiger partial charge on any atom is -0.347 e. The molecule has 0 bridgehead atoms. The number of amides is 2. The van der Waals surface area contributed by atoms with Crippen LogP contribution in [0.5, 0.6) is 0 Å². The number of rotatable bonds is 4. The Morgan fingerprint density at radius 3 is 2.70 bits per heavy atom. The van der Waals surface area contributed by atoms with Gasteiger partial charge in [-0.3, -0.25) is 9.59 Å². The van der Waals surface area contributed by atoms with Crippen LogP contribution in [-0.4, -0.2) is 51.6 Å². The molecule has 23 heavy (non-hydrogen) atoms. The van der Waals surface area contributed by atoms with Gasteiger partial charge in [0.15, 0.2) is 0 Å². The van der Waals surface area contributed by atoms with Crippen molar-refractivity contribution in [2.45, 2.75) is 19.3 Å². The standard InChI is InChI=1S/C15H19N5O2S/c21-14(16-6-9-20-7-2-1-3-8-20)15(22)17-11-4-5-12-13(10-11)19-23-18-12/h4-5,10H,1-3,6-9H2,(H,16,21)(H,17,22). The van der Waals surface area contributed by atoms with Crippen molar-refractivity contribution < 1.29 is 9.59 Å². The van der Waals surface area contributed by atoms with Crippen LogP contribution in [0, 0.1) is 0 Å². The van der Waals surface area contributed by atoms with E-state index in [1.807, 2.05) is 0 Å². The smallest absolute Gasteiger partial charge is 0.313 e. The highest BCUT2D eigenvalue weighted by molar-refractivity contribution is 7.00. The second-order valence-corrected chi connectivity index (χ2v) is 6.11. The van der Waals surface area contributed by atoms with Crippen LogP contribution < -0.4 is 10.6 Å². The molecule has 7 nitrogen and oxygen atoms in total. The van der Waals surface area contributed by atoms with Crippen molar-refractivity contribution in [3.8, 4) is 0 Å². The van der Waals surface area contributed by atoms with Crippen LogP contribution in [0.3, 0.4) is 0 Å². The summed E-state index contributed by atoms with van der Waals surface area (Å²) in [5.74, 6) is -1.27. The molecule has 122 valence electrons. The molecule has 0 saturated carbocycles. The van der Waals surface area contributed by atoms with Gasteiger partial charge >= 0.3 is 11.8 Å². The average molecular weight is 333 g/mol. The van der Waals surface area contributed by atoms with Crippen molar-refractivity contribution in [3.63, 3.8) is 0 Å². The molecule has 1 aliphatic rings. The minimum absolute atomic E-state index is 0.487. The van der Waals surface area contributed by atoms with Crippen molar-refractivity contribution in [1.82, 2.24) is 19.0 Å². The Morgan fingerprint density at radius 1 is 1.09 bits per heavy atom. The molecule has 2 heterocycles. The number of hydrogen-bond donors (Lipinski definition) is 2. The van der Waals surface area contributed by atoms with Gasteiger partial charge in [-0.2, -0.15) is 8.75 Å². The lowest BCUT2D eigenvalue weighted by Crippen LogP contribution is -2.41. The highest BCUT2D eigenvalue weighted by atomic mass is 32.1. The van der Waals surface area contributed by atoms with E-state index in [0.29, 0.717) is 17.7 Å². The largest absolute Gasteiger partial charge is 0.347 e. The van der Waals surface area contributed by atoms with E-state index in [1.165, 1.54) is 19.3 Å². The Kier molecular flexibility index (Phi) is 5.14. The first-order chi connectivity index (χ1) is 11.2. The lowest BCUT2D eigenvalue weighted by Gasteiger charge is -2.26. The number of fused-ring (bicyclic) bond motifs is 1. The summed E-state index contributed by atoms with van der Waals surface area (Å²) < 4.78 is 8.20. The summed E-state index contributed by atoms with van der Waals surface area (Å²) in [4.78, 5) is 26.0. The molecule has 2 amide bonds. The molecular formula is C15H19N5O2S. The summed E-state index contributed by atoms with van der Waals surface area (Å²) in [5, 5.41) is 5.25. The number of aromatic nitrogens is 2. The highest BCUT2D eigenvalue weighted by Crippen LogP contribution is 2.16. The molecule has 0 aliphatic carbocycles. The first-order valence-electron chi connectivity index (χ1n) is 7.76. The first kappa shape index (κ1) is 15.8. The Morgan fingerprint density at radius 2 is 1.87 bits per heavy atom. The number of hydrogen-bond acceptors (Lipinski definition) is 6. The van der Waals surface area contributed by atoms with Crippen molar-refractivity contribution >= 4 is 40.3 Å². The SMILES string of the molecule is O=C(NCCN1CCCCC1)C(=O)Nc1ccc2nsnc2c1. The molecule has 1 aromatic carbocycles. The summed E-state index contributed by atoms with van der Waals surface area (Å²) in [6.45, 7) is 3.42. The minimum atomic E-state index is -0.661. The van der Waals surface area contributed by atoms with Gasteiger partial charge in [-0.15, -0.1) is 0 Å². The van der Waals surface area contributed by atoms with Gasteiger partial charge in [0.2, 0.25) is 0 Å². The number of anilines is 1. The van der Waals surface area contributed by atoms with E-state index in [2.05, 4.69) is 24.3 Å². The average Bonchev–Trinajstić information content (AvgIpc) is 3.03. The quantitative estimate of drug-likeness (QED) is 0.822. The summed E-state index contributed by atoms with van der Waals surface area (Å²) >= 11 is 1.11.